The normalized spacial score (nSPS) is 11.9. The molecule has 1 heterocycles. The van der Waals surface area contributed by atoms with Crippen LogP contribution in [0.5, 0.6) is 0 Å². The second-order valence-electron chi connectivity index (χ2n) is 4.62. The van der Waals surface area contributed by atoms with Gasteiger partial charge in [0.2, 0.25) is 0 Å². The number of halogens is 1. The van der Waals surface area contributed by atoms with Gasteiger partial charge < -0.3 is 5.11 Å². The zero-order valence-corrected chi connectivity index (χ0v) is 11.7. The van der Waals surface area contributed by atoms with Crippen LogP contribution < -0.4 is 5.32 Å². The first kappa shape index (κ1) is 13.3. The summed E-state index contributed by atoms with van der Waals surface area (Å²) >= 11 is 7.88. The number of aliphatic carboxylic acids is 1. The highest BCUT2D eigenvalue weighted by atomic mass is 35.5. The van der Waals surface area contributed by atoms with Crippen molar-refractivity contribution >= 4 is 39.0 Å². The summed E-state index contributed by atoms with van der Waals surface area (Å²) in [6.45, 7) is 3.73. The van der Waals surface area contributed by atoms with Crippen molar-refractivity contribution in [1.29, 1.82) is 0 Å². The van der Waals surface area contributed by atoms with Gasteiger partial charge in [-0.2, -0.15) is 0 Å². The predicted octanol–water partition coefficient (Wildman–Crippen LogP) is 3.51. The monoisotopic (exact) mass is 283 g/mol. The van der Waals surface area contributed by atoms with Crippen molar-refractivity contribution in [2.75, 3.05) is 0 Å². The summed E-state index contributed by atoms with van der Waals surface area (Å²) in [6.07, 6.45) is 0. The molecule has 0 atom stereocenters. The first-order valence-electron chi connectivity index (χ1n) is 5.56. The maximum Gasteiger partial charge on any atom is 0.323 e. The molecule has 0 unspecified atom stereocenters. The molecule has 0 saturated heterocycles. The summed E-state index contributed by atoms with van der Waals surface area (Å²) in [4.78, 5) is 12.0. The van der Waals surface area contributed by atoms with Gasteiger partial charge in [-0.15, -0.1) is 11.3 Å². The number of carbonyl (C=O) groups is 1. The highest BCUT2D eigenvalue weighted by molar-refractivity contribution is 7.19. The first-order valence-corrected chi connectivity index (χ1v) is 6.75. The van der Waals surface area contributed by atoms with Crippen molar-refractivity contribution in [2.45, 2.75) is 25.9 Å². The molecule has 2 N–H and O–H groups in total. The number of benzene rings is 1. The van der Waals surface area contributed by atoms with Crippen molar-refractivity contribution in [3.8, 4) is 0 Å². The first-order chi connectivity index (χ1) is 8.42. The molecule has 2 aromatic rings. The Morgan fingerprint density at radius 1 is 1.44 bits per heavy atom. The largest absolute Gasteiger partial charge is 0.480 e. The van der Waals surface area contributed by atoms with Gasteiger partial charge in [0.1, 0.15) is 5.54 Å². The lowest BCUT2D eigenvalue weighted by Gasteiger charge is -2.20. The van der Waals surface area contributed by atoms with Gasteiger partial charge in [0, 0.05) is 21.5 Å². The maximum atomic E-state index is 11.0. The topological polar surface area (TPSA) is 49.3 Å². The number of nitrogens with one attached hydrogen (secondary N) is 1. The Morgan fingerprint density at radius 2 is 2.11 bits per heavy atom. The summed E-state index contributed by atoms with van der Waals surface area (Å²) in [5.74, 6) is -0.875. The standard InChI is InChI=1S/C13H14ClNO2S/c1-13(2,12(16)17)15-7-10-11(14)8-5-3-4-6-9(8)18-10/h3-6,15H,7H2,1-2H3,(H,16,17). The Kier molecular flexibility index (Phi) is 3.61. The van der Waals surface area contributed by atoms with Crippen molar-refractivity contribution in [3.63, 3.8) is 0 Å². The molecule has 0 aliphatic rings. The third-order valence-corrected chi connectivity index (χ3v) is 4.54. The van der Waals surface area contributed by atoms with E-state index < -0.39 is 11.5 Å². The molecule has 0 amide bonds. The number of thiophene rings is 1. The van der Waals surface area contributed by atoms with Crippen molar-refractivity contribution in [2.24, 2.45) is 0 Å². The van der Waals surface area contributed by atoms with E-state index in [1.807, 2.05) is 24.3 Å². The average Bonchev–Trinajstić information content (AvgIpc) is 2.64. The minimum Gasteiger partial charge on any atom is -0.480 e. The number of hydrogen-bond acceptors (Lipinski definition) is 3. The molecule has 96 valence electrons. The number of hydrogen-bond donors (Lipinski definition) is 2. The number of carboxylic acids is 1. The Balaban J connectivity index is 2.23. The fraction of sp³-hybridized carbons (Fsp3) is 0.308. The van der Waals surface area contributed by atoms with Crippen LogP contribution in [0.25, 0.3) is 10.1 Å². The molecule has 0 aliphatic heterocycles. The van der Waals surface area contributed by atoms with Gasteiger partial charge in [0.15, 0.2) is 0 Å². The van der Waals surface area contributed by atoms with Gasteiger partial charge in [-0.25, -0.2) is 0 Å². The molecule has 2 rings (SSSR count). The van der Waals surface area contributed by atoms with Gasteiger partial charge in [-0.05, 0) is 19.9 Å². The average molecular weight is 284 g/mol. The van der Waals surface area contributed by atoms with Gasteiger partial charge in [-0.1, -0.05) is 29.8 Å². The van der Waals surface area contributed by atoms with E-state index in [0.29, 0.717) is 11.6 Å². The predicted molar refractivity (Wildman–Crippen MR) is 75.4 cm³/mol. The molecule has 0 radical (unpaired) electrons. The third kappa shape index (κ3) is 2.51. The minimum atomic E-state index is -0.959. The molecular weight excluding hydrogens is 270 g/mol. The Labute approximate surface area is 114 Å². The van der Waals surface area contributed by atoms with E-state index in [-0.39, 0.29) is 0 Å². The van der Waals surface area contributed by atoms with Crippen LogP contribution in [0.1, 0.15) is 18.7 Å². The minimum absolute atomic E-state index is 0.456. The van der Waals surface area contributed by atoms with Crippen LogP contribution in [-0.2, 0) is 11.3 Å². The van der Waals surface area contributed by atoms with E-state index in [1.54, 1.807) is 25.2 Å². The third-order valence-electron chi connectivity index (χ3n) is 2.83. The van der Waals surface area contributed by atoms with Crippen LogP contribution in [0, 0.1) is 0 Å². The molecule has 0 fully saturated rings. The fourth-order valence-electron chi connectivity index (χ4n) is 1.56. The van der Waals surface area contributed by atoms with Crippen LogP contribution in [0.15, 0.2) is 24.3 Å². The second kappa shape index (κ2) is 4.88. The molecule has 1 aromatic heterocycles. The molecular formula is C13H14ClNO2S. The van der Waals surface area contributed by atoms with E-state index in [0.717, 1.165) is 15.0 Å². The summed E-state index contributed by atoms with van der Waals surface area (Å²) in [6, 6.07) is 7.89. The van der Waals surface area contributed by atoms with Gasteiger partial charge in [0.25, 0.3) is 0 Å². The molecule has 0 aliphatic carbocycles. The number of carboxylic acid groups (broad SMARTS) is 1. The molecule has 18 heavy (non-hydrogen) atoms. The quantitative estimate of drug-likeness (QED) is 0.903. The SMILES string of the molecule is CC(C)(NCc1sc2ccccc2c1Cl)C(=O)O. The van der Waals surface area contributed by atoms with Gasteiger partial charge in [-0.3, -0.25) is 10.1 Å². The van der Waals surface area contributed by atoms with Crippen LogP contribution in [-0.4, -0.2) is 16.6 Å². The lowest BCUT2D eigenvalue weighted by atomic mass is 10.1. The molecule has 0 saturated carbocycles. The zero-order chi connectivity index (χ0) is 13.3. The summed E-state index contributed by atoms with van der Waals surface area (Å²) in [5.41, 5.74) is -0.959. The van der Waals surface area contributed by atoms with E-state index in [1.165, 1.54) is 0 Å². The molecule has 5 heteroatoms. The van der Waals surface area contributed by atoms with Gasteiger partial charge >= 0.3 is 5.97 Å². The number of rotatable bonds is 4. The molecule has 0 spiro atoms. The van der Waals surface area contributed by atoms with Crippen molar-refractivity contribution < 1.29 is 9.90 Å². The van der Waals surface area contributed by atoms with E-state index in [9.17, 15) is 4.79 Å². The fourth-order valence-corrected chi connectivity index (χ4v) is 2.99. The zero-order valence-electron chi connectivity index (χ0n) is 10.2. The van der Waals surface area contributed by atoms with Gasteiger partial charge in [0.05, 0.1) is 5.02 Å². The summed E-state index contributed by atoms with van der Waals surface area (Å²) in [5, 5.41) is 13.8. The van der Waals surface area contributed by atoms with Crippen LogP contribution in [0.3, 0.4) is 0 Å². The highest BCUT2D eigenvalue weighted by Gasteiger charge is 2.26. The van der Waals surface area contributed by atoms with Crippen LogP contribution >= 0.6 is 22.9 Å². The summed E-state index contributed by atoms with van der Waals surface area (Å²) < 4.78 is 1.12. The van der Waals surface area contributed by atoms with Crippen molar-refractivity contribution in [3.05, 3.63) is 34.2 Å². The molecule has 1 aromatic carbocycles. The maximum absolute atomic E-state index is 11.0. The molecule has 3 nitrogen and oxygen atoms in total. The lowest BCUT2D eigenvalue weighted by Crippen LogP contribution is -2.46. The van der Waals surface area contributed by atoms with Crippen LogP contribution in [0.2, 0.25) is 5.02 Å². The van der Waals surface area contributed by atoms with E-state index in [4.69, 9.17) is 16.7 Å². The Bertz CT molecular complexity index is 592. The van der Waals surface area contributed by atoms with E-state index in [2.05, 4.69) is 5.32 Å². The Morgan fingerprint density at radius 3 is 2.72 bits per heavy atom. The van der Waals surface area contributed by atoms with Crippen LogP contribution in [0.4, 0.5) is 0 Å². The number of fused-ring (bicyclic) bond motifs is 1. The Hall–Kier alpha value is -1.10. The smallest absolute Gasteiger partial charge is 0.323 e. The van der Waals surface area contributed by atoms with E-state index >= 15 is 0 Å². The molecule has 0 bridgehead atoms. The highest BCUT2D eigenvalue weighted by Crippen LogP contribution is 2.35. The lowest BCUT2D eigenvalue weighted by molar-refractivity contribution is -0.143. The summed E-state index contributed by atoms with van der Waals surface area (Å²) in [7, 11) is 0. The second-order valence-corrected chi connectivity index (χ2v) is 6.13. The van der Waals surface area contributed by atoms with Crippen molar-refractivity contribution in [1.82, 2.24) is 5.32 Å².